The summed E-state index contributed by atoms with van der Waals surface area (Å²) in [5.41, 5.74) is 6.43. The van der Waals surface area contributed by atoms with Gasteiger partial charge in [0.1, 0.15) is 5.54 Å². The summed E-state index contributed by atoms with van der Waals surface area (Å²) >= 11 is 0. The third-order valence-electron chi connectivity index (χ3n) is 2.72. The van der Waals surface area contributed by atoms with Crippen LogP contribution in [0, 0.1) is 0 Å². The molecule has 16 heavy (non-hydrogen) atoms. The Hall–Kier alpha value is -1.81. The van der Waals surface area contributed by atoms with Gasteiger partial charge in [0, 0.05) is 23.5 Å². The van der Waals surface area contributed by atoms with E-state index in [0.29, 0.717) is 6.42 Å². The number of hydrogen-bond donors (Lipinski definition) is 3. The molecule has 2 rings (SSSR count). The number of benzene rings is 1. The van der Waals surface area contributed by atoms with E-state index in [0.717, 1.165) is 16.5 Å². The first-order valence-electron chi connectivity index (χ1n) is 5.08. The van der Waals surface area contributed by atoms with E-state index in [-0.39, 0.29) is 0 Å². The first-order chi connectivity index (χ1) is 7.50. The number of carbonyl (C=O) groups is 1. The van der Waals surface area contributed by atoms with Crippen LogP contribution in [-0.4, -0.2) is 21.6 Å². The van der Waals surface area contributed by atoms with E-state index in [4.69, 9.17) is 10.8 Å². The van der Waals surface area contributed by atoms with Gasteiger partial charge >= 0.3 is 5.97 Å². The van der Waals surface area contributed by atoms with E-state index >= 15 is 0 Å². The first-order valence-corrected chi connectivity index (χ1v) is 5.08. The third-order valence-corrected chi connectivity index (χ3v) is 2.72. The fourth-order valence-electron chi connectivity index (χ4n) is 1.75. The Morgan fingerprint density at radius 2 is 2.19 bits per heavy atom. The van der Waals surface area contributed by atoms with Crippen LogP contribution in [0.15, 0.2) is 30.5 Å². The van der Waals surface area contributed by atoms with Gasteiger partial charge in [0.2, 0.25) is 0 Å². The van der Waals surface area contributed by atoms with E-state index in [9.17, 15) is 4.79 Å². The highest BCUT2D eigenvalue weighted by Crippen LogP contribution is 2.21. The second kappa shape index (κ2) is 3.64. The maximum absolute atomic E-state index is 10.9. The highest BCUT2D eigenvalue weighted by molar-refractivity contribution is 5.85. The van der Waals surface area contributed by atoms with Crippen molar-refractivity contribution < 1.29 is 9.90 Å². The van der Waals surface area contributed by atoms with Gasteiger partial charge in [-0.3, -0.25) is 4.79 Å². The first kappa shape index (κ1) is 10.7. The van der Waals surface area contributed by atoms with Crippen LogP contribution in [0.4, 0.5) is 0 Å². The van der Waals surface area contributed by atoms with E-state index in [1.165, 1.54) is 6.92 Å². The molecule has 0 fully saturated rings. The largest absolute Gasteiger partial charge is 0.480 e. The molecule has 0 aliphatic carbocycles. The van der Waals surface area contributed by atoms with Crippen LogP contribution in [0.2, 0.25) is 0 Å². The average molecular weight is 217 g/mol. The normalized spacial score (nSPS) is 14.9. The van der Waals surface area contributed by atoms with Gasteiger partial charge in [-0.05, 0) is 18.6 Å². The second-order valence-corrected chi connectivity index (χ2v) is 4.26. The maximum Gasteiger partial charge on any atom is 0.323 e. The molecule has 0 spiro atoms. The van der Waals surface area contributed by atoms with Crippen LogP contribution in [0.25, 0.3) is 10.9 Å². The van der Waals surface area contributed by atoms with E-state index in [1.54, 1.807) is 0 Å². The lowest BCUT2D eigenvalue weighted by Gasteiger charge is -2.18. The third kappa shape index (κ3) is 1.79. The topological polar surface area (TPSA) is 79.1 Å². The minimum Gasteiger partial charge on any atom is -0.480 e. The zero-order valence-corrected chi connectivity index (χ0v) is 9.03. The van der Waals surface area contributed by atoms with Crippen molar-refractivity contribution in [2.75, 3.05) is 0 Å². The van der Waals surface area contributed by atoms with Gasteiger partial charge in [0.05, 0.1) is 0 Å². The SMILES string of the molecule is [11CH3][C@](N)(Cc1c[nH]c2ccccc12)C(=O)O. The molecule has 2 aromatic rings. The zero-order chi connectivity index (χ0) is 11.8. The fourth-order valence-corrected chi connectivity index (χ4v) is 1.75. The number of para-hydroxylation sites is 1. The number of fused-ring (bicyclic) bond motifs is 1. The number of hydrogen-bond acceptors (Lipinski definition) is 2. The number of carboxylic acids is 1. The molecule has 0 aliphatic heterocycles. The van der Waals surface area contributed by atoms with Crippen molar-refractivity contribution in [3.63, 3.8) is 0 Å². The monoisotopic (exact) mass is 217 g/mol. The predicted octanol–water partition coefficient (Wildman–Crippen LogP) is 1.51. The standard InChI is InChI=1S/C12H14N2O2/c1-12(13,11(15)16)6-8-7-14-10-5-3-2-4-9(8)10/h2-5,7,14H,6,13H2,1H3,(H,15,16)/t12-/m0/s1/i1-1. The number of carboxylic acid groups (broad SMARTS) is 1. The summed E-state index contributed by atoms with van der Waals surface area (Å²) in [5, 5.41) is 10.0. The molecular weight excluding hydrogens is 203 g/mol. The summed E-state index contributed by atoms with van der Waals surface area (Å²) in [7, 11) is 0. The van der Waals surface area contributed by atoms with E-state index in [1.807, 2.05) is 30.5 Å². The summed E-state index contributed by atoms with van der Waals surface area (Å²) < 4.78 is 0. The highest BCUT2D eigenvalue weighted by atomic mass is 16.4. The summed E-state index contributed by atoms with van der Waals surface area (Å²) in [6, 6.07) is 7.77. The lowest BCUT2D eigenvalue weighted by Crippen LogP contribution is -2.46. The van der Waals surface area contributed by atoms with Gasteiger partial charge in [-0.25, -0.2) is 0 Å². The van der Waals surface area contributed by atoms with Crippen LogP contribution in [-0.2, 0) is 11.2 Å². The van der Waals surface area contributed by atoms with E-state index in [2.05, 4.69) is 4.98 Å². The van der Waals surface area contributed by atoms with Crippen molar-refractivity contribution in [3.05, 3.63) is 36.0 Å². The molecule has 84 valence electrons. The van der Waals surface area contributed by atoms with Crippen LogP contribution in [0.1, 0.15) is 12.5 Å². The Balaban J connectivity index is 2.38. The van der Waals surface area contributed by atoms with Crippen LogP contribution >= 0.6 is 0 Å². The van der Waals surface area contributed by atoms with Crippen LogP contribution in [0.5, 0.6) is 0 Å². The molecule has 0 radical (unpaired) electrons. The molecule has 4 heteroatoms. The van der Waals surface area contributed by atoms with Gasteiger partial charge in [-0.15, -0.1) is 0 Å². The minimum atomic E-state index is -1.23. The molecule has 1 aromatic heterocycles. The van der Waals surface area contributed by atoms with Crippen LogP contribution in [0.3, 0.4) is 0 Å². The lowest BCUT2D eigenvalue weighted by molar-refractivity contribution is -0.142. The van der Waals surface area contributed by atoms with Crippen LogP contribution < -0.4 is 5.73 Å². The number of nitrogens with one attached hydrogen (secondary N) is 1. The predicted molar refractivity (Wildman–Crippen MR) is 62.2 cm³/mol. The Labute approximate surface area is 93.1 Å². The minimum absolute atomic E-state index is 0.312. The summed E-state index contributed by atoms with van der Waals surface area (Å²) in [4.78, 5) is 14.0. The van der Waals surface area contributed by atoms with Gasteiger partial charge in [-0.2, -0.15) is 0 Å². The van der Waals surface area contributed by atoms with Crippen molar-refractivity contribution >= 4 is 16.9 Å². The molecule has 0 bridgehead atoms. The molecule has 4 N–H and O–H groups in total. The van der Waals surface area contributed by atoms with Crippen molar-refractivity contribution in [1.82, 2.24) is 4.98 Å². The molecule has 1 aromatic carbocycles. The number of H-pyrrole nitrogens is 1. The van der Waals surface area contributed by atoms with Crippen molar-refractivity contribution in [2.45, 2.75) is 18.9 Å². The quantitative estimate of drug-likeness (QED) is 0.729. The molecule has 0 aliphatic rings. The Bertz CT molecular complexity index is 529. The number of aromatic amines is 1. The number of rotatable bonds is 3. The molecular formula is C12H14N2O2. The molecule has 0 unspecified atom stereocenters. The molecule has 4 nitrogen and oxygen atoms in total. The summed E-state index contributed by atoms with van der Waals surface area (Å²) in [5.74, 6) is -0.988. The van der Waals surface area contributed by atoms with Crippen molar-refractivity contribution in [1.29, 1.82) is 0 Å². The lowest BCUT2D eigenvalue weighted by atomic mass is 9.80. The fraction of sp³-hybridized carbons (Fsp3) is 0.250. The van der Waals surface area contributed by atoms with Gasteiger partial charge in [-0.1, -0.05) is 18.2 Å². The Kier molecular flexibility index (Phi) is 2.44. The second-order valence-electron chi connectivity index (χ2n) is 4.26. The number of aliphatic carboxylic acids is 1. The highest BCUT2D eigenvalue weighted by Gasteiger charge is 2.28. The summed E-state index contributed by atoms with van der Waals surface area (Å²) in [6.07, 6.45) is 2.13. The van der Waals surface area contributed by atoms with Crippen molar-refractivity contribution in [3.8, 4) is 0 Å². The maximum atomic E-state index is 10.9. The van der Waals surface area contributed by atoms with Crippen molar-refractivity contribution in [2.24, 2.45) is 5.73 Å². The molecule has 0 saturated heterocycles. The van der Waals surface area contributed by atoms with Gasteiger partial charge in [0.25, 0.3) is 0 Å². The smallest absolute Gasteiger partial charge is 0.323 e. The molecule has 0 saturated carbocycles. The van der Waals surface area contributed by atoms with Gasteiger partial charge in [0.15, 0.2) is 0 Å². The molecule has 0 amide bonds. The average Bonchev–Trinajstić information content (AvgIpc) is 2.61. The molecule has 1 heterocycles. The Morgan fingerprint density at radius 3 is 2.88 bits per heavy atom. The van der Waals surface area contributed by atoms with E-state index < -0.39 is 11.5 Å². The van der Waals surface area contributed by atoms with Gasteiger partial charge < -0.3 is 15.8 Å². The molecule has 1 atom stereocenters. The number of nitrogens with two attached hydrogens (primary N) is 1. The number of aromatic nitrogens is 1. The summed E-state index contributed by atoms with van der Waals surface area (Å²) in [6.45, 7) is 1.52. The Morgan fingerprint density at radius 1 is 1.50 bits per heavy atom. The zero-order valence-electron chi connectivity index (χ0n) is 9.03.